The zero-order valence-corrected chi connectivity index (χ0v) is 20.1. The number of carbonyl (C=O) groups excluding carboxylic acids is 2. The van der Waals surface area contributed by atoms with Crippen LogP contribution >= 0.6 is 15.9 Å². The third-order valence-corrected chi connectivity index (χ3v) is 5.33. The number of ether oxygens (including phenoxy) is 2. The van der Waals surface area contributed by atoms with Crippen molar-refractivity contribution in [2.75, 3.05) is 18.0 Å². The lowest BCUT2D eigenvalue weighted by molar-refractivity contribution is -0.384. The molecule has 1 aliphatic rings. The van der Waals surface area contributed by atoms with E-state index in [1.807, 2.05) is 0 Å². The molecule has 0 saturated carbocycles. The lowest BCUT2D eigenvalue weighted by atomic mass is 9.99. The Morgan fingerprint density at radius 1 is 1.24 bits per heavy atom. The number of nitro benzene ring substituents is 1. The number of hydrogen-bond acceptors (Lipinski definition) is 6. The molecule has 1 heterocycles. The molecule has 0 N–H and O–H groups in total. The summed E-state index contributed by atoms with van der Waals surface area (Å²) in [4.78, 5) is 39.4. The van der Waals surface area contributed by atoms with Crippen molar-refractivity contribution in [3.8, 4) is 5.75 Å². The van der Waals surface area contributed by atoms with Crippen LogP contribution in [0.2, 0.25) is 0 Å². The molecule has 0 aromatic heterocycles. The van der Waals surface area contributed by atoms with Gasteiger partial charge in [-0.25, -0.2) is 4.79 Å². The van der Waals surface area contributed by atoms with Crippen LogP contribution in [0.25, 0.3) is 0 Å². The molecule has 1 saturated heterocycles. The first-order valence-electron chi connectivity index (χ1n) is 10.1. The number of para-hydroxylation sites is 1. The topological polar surface area (TPSA) is 102 Å². The van der Waals surface area contributed by atoms with Crippen LogP contribution in [0.5, 0.6) is 5.75 Å². The number of anilines is 1. The predicted octanol–water partition coefficient (Wildman–Crippen LogP) is 5.28. The standard InChI is InChI=1S/C22H22BrF2N3O6/c1-22(2,3)34-21(30)26-11-17(14-6-4-5-7-18(14)33-20(24)25)27(19(29)12-26)16-10-13(23)8-9-15(16)28(31)32/h4-10,17,20H,11-12H2,1-3H3. The van der Waals surface area contributed by atoms with Crippen LogP contribution < -0.4 is 9.64 Å². The number of alkyl halides is 2. The molecule has 0 radical (unpaired) electrons. The van der Waals surface area contributed by atoms with E-state index in [1.54, 1.807) is 26.8 Å². The van der Waals surface area contributed by atoms with Gasteiger partial charge in [0.15, 0.2) is 0 Å². The monoisotopic (exact) mass is 541 g/mol. The number of hydrogen-bond donors (Lipinski definition) is 0. The molecule has 2 amide bonds. The van der Waals surface area contributed by atoms with Gasteiger partial charge in [0.05, 0.1) is 11.0 Å². The largest absolute Gasteiger partial charge is 0.444 e. The summed E-state index contributed by atoms with van der Waals surface area (Å²) in [7, 11) is 0. The molecule has 1 atom stereocenters. The third kappa shape index (κ3) is 5.79. The first-order chi connectivity index (χ1) is 15.9. The molecule has 12 heteroatoms. The fourth-order valence-corrected chi connectivity index (χ4v) is 3.93. The summed E-state index contributed by atoms with van der Waals surface area (Å²) < 4.78 is 36.7. The highest BCUT2D eigenvalue weighted by atomic mass is 79.9. The minimum Gasteiger partial charge on any atom is -0.444 e. The molecule has 1 aliphatic heterocycles. The van der Waals surface area contributed by atoms with E-state index in [-0.39, 0.29) is 29.2 Å². The van der Waals surface area contributed by atoms with Crippen molar-refractivity contribution in [2.45, 2.75) is 39.0 Å². The fourth-order valence-electron chi connectivity index (χ4n) is 3.58. The summed E-state index contributed by atoms with van der Waals surface area (Å²) in [5.74, 6) is -0.876. The molecule has 1 unspecified atom stereocenters. The summed E-state index contributed by atoms with van der Waals surface area (Å²) in [6, 6.07) is 8.79. The van der Waals surface area contributed by atoms with Crippen LogP contribution in [-0.2, 0) is 9.53 Å². The Kier molecular flexibility index (Phi) is 7.39. The van der Waals surface area contributed by atoms with E-state index in [4.69, 9.17) is 4.74 Å². The Balaban J connectivity index is 2.14. The summed E-state index contributed by atoms with van der Waals surface area (Å²) in [6.07, 6.45) is -0.776. The Morgan fingerprint density at radius 2 is 1.91 bits per heavy atom. The zero-order valence-electron chi connectivity index (χ0n) is 18.5. The van der Waals surface area contributed by atoms with Crippen molar-refractivity contribution in [1.82, 2.24) is 4.90 Å². The van der Waals surface area contributed by atoms with Gasteiger partial charge in [-0.05, 0) is 39.0 Å². The average Bonchev–Trinajstić information content (AvgIpc) is 2.71. The van der Waals surface area contributed by atoms with Crippen molar-refractivity contribution in [1.29, 1.82) is 0 Å². The van der Waals surface area contributed by atoms with Gasteiger partial charge in [-0.2, -0.15) is 8.78 Å². The summed E-state index contributed by atoms with van der Waals surface area (Å²) in [5, 5.41) is 11.7. The lowest BCUT2D eigenvalue weighted by Gasteiger charge is -2.41. The van der Waals surface area contributed by atoms with E-state index in [1.165, 1.54) is 36.4 Å². The van der Waals surface area contributed by atoms with Gasteiger partial charge in [0.2, 0.25) is 5.91 Å². The zero-order chi connectivity index (χ0) is 25.2. The molecule has 2 aromatic carbocycles. The molecule has 3 rings (SSSR count). The van der Waals surface area contributed by atoms with E-state index < -0.39 is 41.7 Å². The molecule has 1 fully saturated rings. The van der Waals surface area contributed by atoms with Gasteiger partial charge in [-0.15, -0.1) is 0 Å². The quantitative estimate of drug-likeness (QED) is 0.376. The maximum absolute atomic E-state index is 13.3. The first kappa shape index (κ1) is 25.3. The first-order valence-corrected chi connectivity index (χ1v) is 10.9. The van der Waals surface area contributed by atoms with Gasteiger partial charge in [-0.1, -0.05) is 34.1 Å². The highest BCUT2D eigenvalue weighted by molar-refractivity contribution is 9.10. The predicted molar refractivity (Wildman–Crippen MR) is 122 cm³/mol. The Bertz CT molecular complexity index is 1110. The van der Waals surface area contributed by atoms with Crippen molar-refractivity contribution >= 4 is 39.3 Å². The molecule has 9 nitrogen and oxygen atoms in total. The number of halogens is 3. The Hall–Kier alpha value is -3.28. The SMILES string of the molecule is CC(C)(C)OC(=O)N1CC(=O)N(c2cc(Br)ccc2[N+](=O)[O-])C(c2ccccc2OC(F)F)C1. The Labute approximate surface area is 202 Å². The van der Waals surface area contributed by atoms with Crippen molar-refractivity contribution in [3.05, 3.63) is 62.6 Å². The number of amides is 2. The summed E-state index contributed by atoms with van der Waals surface area (Å²) in [5.41, 5.74) is -1.10. The number of nitrogens with zero attached hydrogens (tertiary/aromatic N) is 3. The van der Waals surface area contributed by atoms with Crippen LogP contribution in [0.15, 0.2) is 46.9 Å². The molecule has 0 bridgehead atoms. The van der Waals surface area contributed by atoms with E-state index in [9.17, 15) is 28.5 Å². The lowest BCUT2D eigenvalue weighted by Crippen LogP contribution is -2.55. The molecular weight excluding hydrogens is 520 g/mol. The van der Waals surface area contributed by atoms with Gasteiger partial charge in [0.1, 0.15) is 23.6 Å². The maximum atomic E-state index is 13.3. The van der Waals surface area contributed by atoms with Crippen molar-refractivity contribution in [3.63, 3.8) is 0 Å². The minimum absolute atomic E-state index is 0.0509. The van der Waals surface area contributed by atoms with Gasteiger partial charge >= 0.3 is 12.7 Å². The van der Waals surface area contributed by atoms with Crippen molar-refractivity contribution < 1.29 is 32.8 Å². The van der Waals surface area contributed by atoms with Crippen molar-refractivity contribution in [2.24, 2.45) is 0 Å². The normalized spacial score (nSPS) is 16.6. The molecular formula is C22H22BrF2N3O6. The van der Waals surface area contributed by atoms with Crippen LogP contribution in [-0.4, -0.2) is 47.1 Å². The second kappa shape index (κ2) is 9.92. The number of nitro groups is 1. The van der Waals surface area contributed by atoms with E-state index in [0.29, 0.717) is 4.47 Å². The van der Waals surface area contributed by atoms with E-state index in [0.717, 1.165) is 9.80 Å². The van der Waals surface area contributed by atoms with Gasteiger partial charge in [0, 0.05) is 22.6 Å². The third-order valence-electron chi connectivity index (χ3n) is 4.84. The molecule has 2 aromatic rings. The van der Waals surface area contributed by atoms with Gasteiger partial charge < -0.3 is 9.47 Å². The van der Waals surface area contributed by atoms with Gasteiger partial charge in [-0.3, -0.25) is 24.7 Å². The van der Waals surface area contributed by atoms with Gasteiger partial charge in [0.25, 0.3) is 5.69 Å². The Morgan fingerprint density at radius 3 is 2.53 bits per heavy atom. The number of carbonyl (C=O) groups is 2. The number of benzene rings is 2. The van der Waals surface area contributed by atoms with Crippen LogP contribution in [0, 0.1) is 10.1 Å². The summed E-state index contributed by atoms with van der Waals surface area (Å²) >= 11 is 3.25. The smallest absolute Gasteiger partial charge is 0.410 e. The second-order valence-corrected chi connectivity index (χ2v) is 9.36. The van der Waals surface area contributed by atoms with Crippen LogP contribution in [0.4, 0.5) is 25.0 Å². The molecule has 0 spiro atoms. The maximum Gasteiger partial charge on any atom is 0.410 e. The highest BCUT2D eigenvalue weighted by Gasteiger charge is 2.41. The van der Waals surface area contributed by atoms with Crippen LogP contribution in [0.1, 0.15) is 32.4 Å². The van der Waals surface area contributed by atoms with E-state index >= 15 is 0 Å². The molecule has 0 aliphatic carbocycles. The van der Waals surface area contributed by atoms with Crippen LogP contribution in [0.3, 0.4) is 0 Å². The molecule has 182 valence electrons. The van der Waals surface area contributed by atoms with E-state index in [2.05, 4.69) is 20.7 Å². The summed E-state index contributed by atoms with van der Waals surface area (Å²) in [6.45, 7) is 1.25. The second-order valence-electron chi connectivity index (χ2n) is 8.45. The average molecular weight is 542 g/mol. The molecule has 34 heavy (non-hydrogen) atoms. The number of rotatable bonds is 5. The highest BCUT2D eigenvalue weighted by Crippen LogP contribution is 2.41. The fraction of sp³-hybridized carbons (Fsp3) is 0.364. The minimum atomic E-state index is -3.14. The number of piperazine rings is 1.